The summed E-state index contributed by atoms with van der Waals surface area (Å²) in [6.45, 7) is 16.4. The Morgan fingerprint density at radius 2 is 1.05 bits per heavy atom. The highest BCUT2D eigenvalue weighted by Crippen LogP contribution is 2.41. The van der Waals surface area contributed by atoms with Crippen LogP contribution in [0.3, 0.4) is 0 Å². The van der Waals surface area contributed by atoms with Crippen LogP contribution in [0, 0.1) is 0 Å². The molecule has 0 aliphatic carbocycles. The Bertz CT molecular complexity index is 760. The van der Waals surface area contributed by atoms with Crippen molar-refractivity contribution >= 4 is 37.8 Å². The molecular formula is C29H64N9PS. The highest BCUT2D eigenvalue weighted by atomic mass is 32.1. The minimum absolute atomic E-state index is 0.628. The minimum atomic E-state index is -1.69. The molecule has 0 aromatic rings. The van der Waals surface area contributed by atoms with Gasteiger partial charge >= 0.3 is 0 Å². The zero-order valence-corrected chi connectivity index (χ0v) is 29.6. The smallest absolute Gasteiger partial charge is 0.228 e. The van der Waals surface area contributed by atoms with Gasteiger partial charge in [0.2, 0.25) is 5.96 Å². The Morgan fingerprint density at radius 1 is 0.675 bits per heavy atom. The fraction of sp³-hybridized carbons (Fsp3) is 0.828. The van der Waals surface area contributed by atoms with Crippen LogP contribution in [0.2, 0.25) is 0 Å². The molecule has 236 valence electrons. The first-order valence-corrected chi connectivity index (χ1v) is 17.7. The van der Waals surface area contributed by atoms with E-state index in [1.54, 1.807) is 0 Å². The van der Waals surface area contributed by atoms with E-state index in [1.165, 1.54) is 0 Å². The average molecular weight is 602 g/mol. The number of amidine groups is 1. The summed E-state index contributed by atoms with van der Waals surface area (Å²) in [6, 6.07) is 0. The maximum absolute atomic E-state index is 5.23. The van der Waals surface area contributed by atoms with Crippen molar-refractivity contribution in [3.8, 4) is 0 Å². The molecule has 0 aromatic carbocycles. The number of nitrogens with zero attached hydrogens (tertiary/aromatic N) is 8. The van der Waals surface area contributed by atoms with E-state index in [9.17, 15) is 0 Å². The van der Waals surface area contributed by atoms with Gasteiger partial charge < -0.3 is 34.5 Å². The summed E-state index contributed by atoms with van der Waals surface area (Å²) in [5, 5.41) is 3.53. The molecule has 0 aliphatic heterocycles. The Labute approximate surface area is 254 Å². The molecule has 1 atom stereocenters. The number of hydrogen-bond donors (Lipinski definition) is 2. The summed E-state index contributed by atoms with van der Waals surface area (Å²) in [5.41, 5.74) is 0.705. The zero-order valence-electron chi connectivity index (χ0n) is 27.8. The zero-order chi connectivity index (χ0) is 30.7. The summed E-state index contributed by atoms with van der Waals surface area (Å²) in [7, 11) is 15.3. The van der Waals surface area contributed by atoms with E-state index < -0.39 is 7.04 Å². The van der Waals surface area contributed by atoms with Crippen molar-refractivity contribution < 1.29 is 0 Å². The van der Waals surface area contributed by atoms with Gasteiger partial charge in [-0.3, -0.25) is 0 Å². The third-order valence-electron chi connectivity index (χ3n) is 6.61. The first kappa shape index (κ1) is 39.0. The monoisotopic (exact) mass is 601 g/mol. The molecule has 0 fully saturated rings. The van der Waals surface area contributed by atoms with E-state index in [0.717, 1.165) is 96.0 Å². The molecule has 40 heavy (non-hydrogen) atoms. The maximum atomic E-state index is 5.23. The molecule has 0 bridgehead atoms. The van der Waals surface area contributed by atoms with Gasteiger partial charge in [0.15, 0.2) is 0 Å². The summed E-state index contributed by atoms with van der Waals surface area (Å²) in [6.07, 6.45) is 9.62. The van der Waals surface area contributed by atoms with Gasteiger partial charge in [-0.25, -0.2) is 4.99 Å². The molecule has 9 nitrogen and oxygen atoms in total. The van der Waals surface area contributed by atoms with E-state index >= 15 is 0 Å². The third-order valence-corrected chi connectivity index (χ3v) is 10.7. The van der Waals surface area contributed by atoms with Crippen molar-refractivity contribution in [2.75, 3.05) is 120 Å². The summed E-state index contributed by atoms with van der Waals surface area (Å²) < 4.78 is 0. The predicted octanol–water partition coefficient (Wildman–Crippen LogP) is 3.50. The van der Waals surface area contributed by atoms with Gasteiger partial charge in [-0.05, 0) is 128 Å². The lowest BCUT2D eigenvalue weighted by molar-refractivity contribution is 0.317. The van der Waals surface area contributed by atoms with Crippen LogP contribution in [0.5, 0.6) is 0 Å². The van der Waals surface area contributed by atoms with E-state index in [0.29, 0.717) is 11.3 Å². The van der Waals surface area contributed by atoms with Crippen LogP contribution in [-0.4, -0.2) is 168 Å². The average Bonchev–Trinajstić information content (AvgIpc) is 2.85. The molecule has 0 aliphatic rings. The molecule has 0 radical (unpaired) electrons. The van der Waals surface area contributed by atoms with Crippen LogP contribution in [0.15, 0.2) is 22.4 Å². The maximum Gasteiger partial charge on any atom is 0.228 e. The van der Waals surface area contributed by atoms with Crippen LogP contribution < -0.4 is 5.09 Å². The Hall–Kier alpha value is -1.03. The second-order valence-corrected chi connectivity index (χ2v) is 16.1. The van der Waals surface area contributed by atoms with Crippen LogP contribution in [-0.2, 0) is 0 Å². The highest BCUT2D eigenvalue weighted by molar-refractivity contribution is 7.93. The predicted molar refractivity (Wildman–Crippen MR) is 187 cm³/mol. The van der Waals surface area contributed by atoms with Crippen LogP contribution >= 0.6 is 19.7 Å². The largest absolute Gasteiger partial charge is 0.360 e. The van der Waals surface area contributed by atoms with Gasteiger partial charge in [-0.1, -0.05) is 19.8 Å². The van der Waals surface area contributed by atoms with Crippen molar-refractivity contribution in [1.29, 1.82) is 0 Å². The molecule has 0 heterocycles. The molecule has 0 rings (SSSR count). The topological polar surface area (TPSA) is 56.2 Å². The van der Waals surface area contributed by atoms with E-state index in [4.69, 9.17) is 9.98 Å². The Balaban J connectivity index is 6.34. The summed E-state index contributed by atoms with van der Waals surface area (Å²) >= 11 is 4.57. The van der Waals surface area contributed by atoms with Crippen molar-refractivity contribution in [3.63, 3.8) is 0 Å². The molecular weight excluding hydrogens is 537 g/mol. The second-order valence-electron chi connectivity index (χ2n) is 11.8. The molecule has 0 saturated heterocycles. The molecule has 1 N–H and O–H groups in total. The molecule has 0 amide bonds. The number of guanidine groups is 1. The standard InChI is InChI=1S/C29H64N9PS/c1-13-39(12,26-40)32-27(2)30-29(38(24-16-20-35(8)9)25-17-21-36(10)11)31-28(3)37(22-14-18-33(4)5)23-15-19-34(6)7/h32,40H,2,12-26H2,1,3-11H3. The molecule has 0 saturated carbocycles. The molecule has 0 aromatic heterocycles. The van der Waals surface area contributed by atoms with Gasteiger partial charge in [-0.2, -0.15) is 17.6 Å². The fourth-order valence-electron chi connectivity index (χ4n) is 4.07. The number of rotatable bonds is 21. The number of nitrogens with one attached hydrogen (secondary N) is 1. The molecule has 0 spiro atoms. The molecule has 1 unspecified atom stereocenters. The lowest BCUT2D eigenvalue weighted by atomic mass is 10.3. The van der Waals surface area contributed by atoms with Gasteiger partial charge in [0.1, 0.15) is 11.7 Å². The lowest BCUT2D eigenvalue weighted by Gasteiger charge is -2.29. The second kappa shape index (κ2) is 21.6. The first-order chi connectivity index (χ1) is 18.7. The SMILES string of the molecule is C=C(N=C(N=C(C)N(CCCN(C)C)CCCN(C)C)N(CCCN(C)C)CCCN(C)C)NP(=C)(CC)CS. The highest BCUT2D eigenvalue weighted by Gasteiger charge is 2.17. The van der Waals surface area contributed by atoms with Crippen LogP contribution in [0.4, 0.5) is 0 Å². The fourth-order valence-corrected chi connectivity index (χ4v) is 5.91. The Kier molecular flexibility index (Phi) is 21.1. The van der Waals surface area contributed by atoms with Crippen molar-refractivity contribution in [3.05, 3.63) is 12.4 Å². The summed E-state index contributed by atoms with van der Waals surface area (Å²) in [4.78, 5) is 24.0. The van der Waals surface area contributed by atoms with Gasteiger partial charge in [0.25, 0.3) is 0 Å². The third kappa shape index (κ3) is 19.2. The van der Waals surface area contributed by atoms with E-state index in [-0.39, 0.29) is 0 Å². The number of thiol groups is 1. The van der Waals surface area contributed by atoms with Gasteiger partial charge in [0.05, 0.1) is 0 Å². The van der Waals surface area contributed by atoms with Crippen LogP contribution in [0.1, 0.15) is 39.5 Å². The first-order valence-electron chi connectivity index (χ1n) is 14.7. The van der Waals surface area contributed by atoms with Crippen molar-refractivity contribution in [2.24, 2.45) is 9.98 Å². The van der Waals surface area contributed by atoms with Gasteiger partial charge in [0, 0.05) is 31.7 Å². The molecule has 11 heteroatoms. The summed E-state index contributed by atoms with van der Waals surface area (Å²) in [5.74, 6) is 2.37. The minimum Gasteiger partial charge on any atom is -0.360 e. The quantitative estimate of drug-likeness (QED) is 0.0904. The normalized spacial score (nSPS) is 14.4. The van der Waals surface area contributed by atoms with E-state index in [2.05, 4.69) is 130 Å². The lowest BCUT2D eigenvalue weighted by Crippen LogP contribution is -2.38. The van der Waals surface area contributed by atoms with Crippen molar-refractivity contribution in [2.45, 2.75) is 39.5 Å². The van der Waals surface area contributed by atoms with Crippen molar-refractivity contribution in [1.82, 2.24) is 34.5 Å². The Morgan fingerprint density at radius 3 is 1.38 bits per heavy atom. The van der Waals surface area contributed by atoms with Crippen LogP contribution in [0.25, 0.3) is 0 Å². The number of hydrogen-bond acceptors (Lipinski definition) is 7. The number of aliphatic imine (C=N–C) groups is 2. The van der Waals surface area contributed by atoms with E-state index in [1.807, 2.05) is 0 Å². The van der Waals surface area contributed by atoms with Gasteiger partial charge in [-0.15, -0.1) is 0 Å².